The summed E-state index contributed by atoms with van der Waals surface area (Å²) in [5, 5.41) is 3.50. The molecule has 1 unspecified atom stereocenters. The summed E-state index contributed by atoms with van der Waals surface area (Å²) in [6.45, 7) is 1.50. The van der Waals surface area contributed by atoms with Gasteiger partial charge in [-0.15, -0.1) is 11.3 Å². The average Bonchev–Trinajstić information content (AvgIpc) is 2.92. The Morgan fingerprint density at radius 1 is 1.44 bits per heavy atom. The summed E-state index contributed by atoms with van der Waals surface area (Å²) in [5.74, 6) is 0.986. The van der Waals surface area contributed by atoms with Crippen LogP contribution in [0.15, 0.2) is 34.8 Å². The minimum atomic E-state index is 0.265. The maximum Gasteiger partial charge on any atom is 0.124 e. The lowest BCUT2D eigenvalue weighted by atomic mass is 10.1. The molecule has 1 atom stereocenters. The van der Waals surface area contributed by atoms with Crippen LogP contribution in [-0.2, 0) is 6.54 Å². The van der Waals surface area contributed by atoms with Crippen molar-refractivity contribution in [2.24, 2.45) is 0 Å². The first-order valence-electron chi connectivity index (χ1n) is 5.63. The highest BCUT2D eigenvalue weighted by Crippen LogP contribution is 2.34. The monoisotopic (exact) mass is 343 g/mol. The van der Waals surface area contributed by atoms with Crippen LogP contribution in [0.5, 0.6) is 5.75 Å². The van der Waals surface area contributed by atoms with Crippen LogP contribution in [0.4, 0.5) is 0 Å². The maximum atomic E-state index is 6.03. The molecule has 1 aliphatic rings. The smallest absolute Gasteiger partial charge is 0.124 e. The number of ether oxygens (including phenoxy) is 1. The van der Waals surface area contributed by atoms with Crippen molar-refractivity contribution < 1.29 is 4.74 Å². The van der Waals surface area contributed by atoms with E-state index in [2.05, 4.69) is 33.4 Å². The van der Waals surface area contributed by atoms with E-state index in [9.17, 15) is 0 Å². The molecule has 0 spiro atoms. The number of hydrogen-bond acceptors (Lipinski definition) is 3. The molecule has 1 aromatic carbocycles. The molecule has 0 saturated heterocycles. The topological polar surface area (TPSA) is 21.3 Å². The third kappa shape index (κ3) is 2.43. The van der Waals surface area contributed by atoms with Crippen LogP contribution in [0.1, 0.15) is 16.5 Å². The lowest BCUT2D eigenvalue weighted by Gasteiger charge is -2.10. The molecule has 0 saturated carbocycles. The molecule has 1 aromatic heterocycles. The maximum absolute atomic E-state index is 6.03. The Kier molecular flexibility index (Phi) is 3.61. The highest BCUT2D eigenvalue weighted by molar-refractivity contribution is 9.10. The molecule has 1 N–H and O–H groups in total. The van der Waals surface area contributed by atoms with E-state index in [4.69, 9.17) is 16.3 Å². The number of para-hydroxylation sites is 1. The Morgan fingerprint density at radius 2 is 2.28 bits per heavy atom. The van der Waals surface area contributed by atoms with E-state index in [1.165, 1.54) is 10.4 Å². The molecule has 3 rings (SSSR count). The molecular weight excluding hydrogens is 334 g/mol. The number of halogens is 2. The van der Waals surface area contributed by atoms with Crippen LogP contribution < -0.4 is 10.1 Å². The fourth-order valence-electron chi connectivity index (χ4n) is 2.03. The molecule has 2 nitrogen and oxygen atoms in total. The molecule has 0 fully saturated rings. The van der Waals surface area contributed by atoms with Crippen LogP contribution in [0.2, 0.25) is 4.34 Å². The zero-order valence-corrected chi connectivity index (χ0v) is 12.6. The van der Waals surface area contributed by atoms with Gasteiger partial charge in [0.15, 0.2) is 0 Å². The number of nitrogens with one attached hydrogen (secondary N) is 1. The Hall–Kier alpha value is -0.550. The van der Waals surface area contributed by atoms with Gasteiger partial charge in [-0.2, -0.15) is 0 Å². The van der Waals surface area contributed by atoms with Gasteiger partial charge < -0.3 is 10.1 Å². The Bertz CT molecular complexity index is 552. The van der Waals surface area contributed by atoms with E-state index in [0.717, 1.165) is 21.1 Å². The summed E-state index contributed by atoms with van der Waals surface area (Å²) in [4.78, 5) is 1.22. The summed E-state index contributed by atoms with van der Waals surface area (Å²) in [7, 11) is 0. The minimum Gasteiger partial charge on any atom is -0.491 e. The fraction of sp³-hybridized carbons (Fsp3) is 0.231. The van der Waals surface area contributed by atoms with E-state index in [0.29, 0.717) is 6.61 Å². The zero-order chi connectivity index (χ0) is 12.5. The van der Waals surface area contributed by atoms with Crippen molar-refractivity contribution in [3.05, 3.63) is 49.6 Å². The van der Waals surface area contributed by atoms with Crippen molar-refractivity contribution in [2.75, 3.05) is 6.61 Å². The largest absolute Gasteiger partial charge is 0.491 e. The third-order valence-electron chi connectivity index (χ3n) is 2.92. The summed E-state index contributed by atoms with van der Waals surface area (Å²) in [6, 6.07) is 10.5. The van der Waals surface area contributed by atoms with Gasteiger partial charge in [-0.25, -0.2) is 0 Å². The van der Waals surface area contributed by atoms with E-state index >= 15 is 0 Å². The summed E-state index contributed by atoms with van der Waals surface area (Å²) in [6.07, 6.45) is 0. The van der Waals surface area contributed by atoms with Gasteiger partial charge in [0, 0.05) is 21.5 Å². The number of thiophene rings is 1. The predicted molar refractivity (Wildman–Crippen MR) is 78.5 cm³/mol. The highest BCUT2D eigenvalue weighted by Gasteiger charge is 2.23. The SMILES string of the molecule is Clc1sc(CNC2COc3ccccc32)cc1Br. The molecule has 18 heavy (non-hydrogen) atoms. The van der Waals surface area contributed by atoms with Gasteiger partial charge in [0.25, 0.3) is 0 Å². The van der Waals surface area contributed by atoms with E-state index in [1.54, 1.807) is 11.3 Å². The predicted octanol–water partition coefficient (Wildman–Crippen LogP) is 4.39. The van der Waals surface area contributed by atoms with Crippen LogP contribution in [0.25, 0.3) is 0 Å². The van der Waals surface area contributed by atoms with Gasteiger partial charge in [-0.1, -0.05) is 29.8 Å². The fourth-order valence-corrected chi connectivity index (χ4v) is 3.78. The molecule has 0 bridgehead atoms. The molecule has 0 aliphatic carbocycles. The lowest BCUT2D eigenvalue weighted by molar-refractivity contribution is 0.311. The van der Waals surface area contributed by atoms with E-state index in [-0.39, 0.29) is 6.04 Å². The van der Waals surface area contributed by atoms with Crippen LogP contribution >= 0.6 is 38.9 Å². The first-order chi connectivity index (χ1) is 8.74. The molecule has 2 heterocycles. The van der Waals surface area contributed by atoms with Gasteiger partial charge in [0.2, 0.25) is 0 Å². The Morgan fingerprint density at radius 3 is 3.06 bits per heavy atom. The van der Waals surface area contributed by atoms with Gasteiger partial charge >= 0.3 is 0 Å². The number of benzene rings is 1. The van der Waals surface area contributed by atoms with Crippen molar-refractivity contribution >= 4 is 38.9 Å². The van der Waals surface area contributed by atoms with Crippen LogP contribution in [-0.4, -0.2) is 6.61 Å². The van der Waals surface area contributed by atoms with E-state index < -0.39 is 0 Å². The number of rotatable bonds is 3. The average molecular weight is 345 g/mol. The van der Waals surface area contributed by atoms with Gasteiger partial charge in [-0.05, 0) is 28.1 Å². The number of hydrogen-bond donors (Lipinski definition) is 1. The van der Waals surface area contributed by atoms with E-state index in [1.807, 2.05) is 18.2 Å². The molecule has 94 valence electrons. The lowest BCUT2D eigenvalue weighted by Crippen LogP contribution is -2.21. The molecule has 1 aliphatic heterocycles. The van der Waals surface area contributed by atoms with Crippen molar-refractivity contribution in [3.8, 4) is 5.75 Å². The van der Waals surface area contributed by atoms with Crippen molar-refractivity contribution in [1.82, 2.24) is 5.32 Å². The van der Waals surface area contributed by atoms with Crippen LogP contribution in [0.3, 0.4) is 0 Å². The molecule has 2 aromatic rings. The molecular formula is C13H11BrClNOS. The second-order valence-electron chi connectivity index (χ2n) is 4.12. The van der Waals surface area contributed by atoms with Gasteiger partial charge in [0.05, 0.1) is 6.04 Å². The Labute approximate surface area is 123 Å². The van der Waals surface area contributed by atoms with Gasteiger partial charge in [0.1, 0.15) is 16.7 Å². The standard InChI is InChI=1S/C13H11BrClNOS/c14-10-5-8(18-13(10)15)6-16-11-7-17-12-4-2-1-3-9(11)12/h1-5,11,16H,6-7H2. The Balaban J connectivity index is 1.68. The third-order valence-corrected chi connectivity index (χ3v) is 5.39. The van der Waals surface area contributed by atoms with Gasteiger partial charge in [-0.3, -0.25) is 0 Å². The first kappa shape index (κ1) is 12.5. The second-order valence-corrected chi connectivity index (χ2v) is 6.71. The van der Waals surface area contributed by atoms with Crippen LogP contribution in [0, 0.1) is 0 Å². The quantitative estimate of drug-likeness (QED) is 0.892. The first-order valence-corrected chi connectivity index (χ1v) is 7.61. The second kappa shape index (κ2) is 5.21. The zero-order valence-electron chi connectivity index (χ0n) is 9.45. The molecule has 0 radical (unpaired) electrons. The highest BCUT2D eigenvalue weighted by atomic mass is 79.9. The normalized spacial score (nSPS) is 17.6. The van der Waals surface area contributed by atoms with Crippen molar-refractivity contribution in [3.63, 3.8) is 0 Å². The molecule has 0 amide bonds. The van der Waals surface area contributed by atoms with Crippen molar-refractivity contribution in [2.45, 2.75) is 12.6 Å². The summed E-state index contributed by atoms with van der Waals surface area (Å²) < 4.78 is 7.40. The molecule has 5 heteroatoms. The van der Waals surface area contributed by atoms with Crippen molar-refractivity contribution in [1.29, 1.82) is 0 Å². The summed E-state index contributed by atoms with van der Waals surface area (Å²) >= 11 is 11.0. The summed E-state index contributed by atoms with van der Waals surface area (Å²) in [5.41, 5.74) is 1.24. The number of fused-ring (bicyclic) bond motifs is 1. The minimum absolute atomic E-state index is 0.265.